The summed E-state index contributed by atoms with van der Waals surface area (Å²) < 4.78 is 6.07. The van der Waals surface area contributed by atoms with Crippen molar-refractivity contribution in [1.29, 1.82) is 0 Å². The number of carboxylic acid groups (broad SMARTS) is 1. The minimum absolute atomic E-state index is 0.204. The maximum absolute atomic E-state index is 12.0. The Morgan fingerprint density at radius 2 is 1.75 bits per heavy atom. The van der Waals surface area contributed by atoms with Crippen molar-refractivity contribution in [2.75, 3.05) is 6.54 Å². The van der Waals surface area contributed by atoms with Gasteiger partial charge in [0.15, 0.2) is 5.60 Å². The molecule has 0 fully saturated rings. The molecule has 1 atom stereocenters. The highest BCUT2D eigenvalue weighted by Crippen LogP contribution is 2.14. The molecule has 134 valence electrons. The molecule has 1 aromatic rings. The molecule has 0 bridgehead atoms. The van der Waals surface area contributed by atoms with E-state index in [4.69, 9.17) is 9.84 Å². The van der Waals surface area contributed by atoms with Crippen molar-refractivity contribution in [2.45, 2.75) is 45.4 Å². The van der Waals surface area contributed by atoms with Crippen LogP contribution in [0.2, 0.25) is 0 Å². The molecule has 0 radical (unpaired) electrons. The summed E-state index contributed by atoms with van der Waals surface area (Å²) in [6, 6.07) is 7.30. The Bertz CT molecular complexity index is 581. The summed E-state index contributed by atoms with van der Waals surface area (Å²) in [5.74, 6) is -1.38. The highest BCUT2D eigenvalue weighted by Gasteiger charge is 2.33. The first kappa shape index (κ1) is 20.4. The summed E-state index contributed by atoms with van der Waals surface area (Å²) >= 11 is 3.33. The fourth-order valence-corrected chi connectivity index (χ4v) is 2.08. The lowest BCUT2D eigenvalue weighted by Gasteiger charge is -2.30. The lowest BCUT2D eigenvalue weighted by Crippen LogP contribution is -2.53. The van der Waals surface area contributed by atoms with E-state index in [1.165, 1.54) is 11.9 Å². The van der Waals surface area contributed by atoms with Gasteiger partial charge in [-0.2, -0.15) is 0 Å². The maximum atomic E-state index is 12.0. The molecule has 0 aromatic heterocycles. The van der Waals surface area contributed by atoms with Crippen molar-refractivity contribution < 1.29 is 24.5 Å². The molecule has 0 saturated heterocycles. The van der Waals surface area contributed by atoms with Crippen LogP contribution >= 0.6 is 15.9 Å². The molecular formula is C16H23BrN2O5. The van der Waals surface area contributed by atoms with Crippen LogP contribution in [0.5, 0.6) is 0 Å². The molecule has 3 N–H and O–H groups in total. The molecule has 8 heteroatoms. The number of nitrogens with zero attached hydrogens (tertiary/aromatic N) is 1. The van der Waals surface area contributed by atoms with E-state index in [1.54, 1.807) is 20.8 Å². The van der Waals surface area contributed by atoms with E-state index in [0.29, 0.717) is 0 Å². The molecule has 0 aliphatic heterocycles. The SMILES string of the molecule is CC(C)(C)OC(=O)NN(Cc1ccc(Br)cc1)CC(C)(O)C(=O)O. The van der Waals surface area contributed by atoms with Crippen LogP contribution in [0.15, 0.2) is 28.7 Å². The summed E-state index contributed by atoms with van der Waals surface area (Å²) in [6.45, 7) is 6.23. The van der Waals surface area contributed by atoms with Crippen LogP contribution in [-0.4, -0.2) is 45.0 Å². The quantitative estimate of drug-likeness (QED) is 0.632. The second kappa shape index (κ2) is 7.96. The van der Waals surface area contributed by atoms with Gasteiger partial charge in [0, 0.05) is 11.0 Å². The number of benzene rings is 1. The molecule has 0 aliphatic rings. The monoisotopic (exact) mass is 402 g/mol. The largest absolute Gasteiger partial charge is 0.479 e. The second-order valence-corrected chi connectivity index (χ2v) is 7.59. The Morgan fingerprint density at radius 1 is 1.21 bits per heavy atom. The number of nitrogens with one attached hydrogen (secondary N) is 1. The van der Waals surface area contributed by atoms with Crippen LogP contribution in [0.25, 0.3) is 0 Å². The van der Waals surface area contributed by atoms with Gasteiger partial charge in [0.1, 0.15) is 5.60 Å². The van der Waals surface area contributed by atoms with Gasteiger partial charge >= 0.3 is 12.1 Å². The van der Waals surface area contributed by atoms with Crippen molar-refractivity contribution in [3.05, 3.63) is 34.3 Å². The van der Waals surface area contributed by atoms with Crippen LogP contribution in [0.1, 0.15) is 33.3 Å². The number of carboxylic acids is 1. The number of carbonyl (C=O) groups excluding carboxylic acids is 1. The molecule has 24 heavy (non-hydrogen) atoms. The van der Waals surface area contributed by atoms with Gasteiger partial charge in [-0.25, -0.2) is 14.6 Å². The van der Waals surface area contributed by atoms with Crippen molar-refractivity contribution in [3.8, 4) is 0 Å². The van der Waals surface area contributed by atoms with Crippen molar-refractivity contribution in [1.82, 2.24) is 10.4 Å². The zero-order chi connectivity index (χ0) is 18.5. The summed E-state index contributed by atoms with van der Waals surface area (Å²) in [5.41, 5.74) is 0.599. The number of hydrazine groups is 1. The highest BCUT2D eigenvalue weighted by atomic mass is 79.9. The van der Waals surface area contributed by atoms with Crippen molar-refractivity contribution in [2.24, 2.45) is 0 Å². The van der Waals surface area contributed by atoms with Crippen molar-refractivity contribution in [3.63, 3.8) is 0 Å². The number of hydrogen-bond donors (Lipinski definition) is 3. The third-order valence-electron chi connectivity index (χ3n) is 2.89. The van der Waals surface area contributed by atoms with Gasteiger partial charge in [0.05, 0.1) is 6.54 Å². The fraction of sp³-hybridized carbons (Fsp3) is 0.500. The first-order valence-corrected chi connectivity index (χ1v) is 8.13. The summed E-state index contributed by atoms with van der Waals surface area (Å²) in [7, 11) is 0. The van der Waals surface area contributed by atoms with Crippen LogP contribution in [0.3, 0.4) is 0 Å². The molecule has 0 aliphatic carbocycles. The van der Waals surface area contributed by atoms with Crippen LogP contribution in [0, 0.1) is 0 Å². The minimum Gasteiger partial charge on any atom is -0.479 e. The van der Waals surface area contributed by atoms with Crippen LogP contribution in [0.4, 0.5) is 4.79 Å². The molecule has 7 nitrogen and oxygen atoms in total. The Kier molecular flexibility index (Phi) is 6.76. The van der Waals surface area contributed by atoms with E-state index in [1.807, 2.05) is 24.3 Å². The first-order chi connectivity index (χ1) is 10.9. The van der Waals surface area contributed by atoms with Gasteiger partial charge < -0.3 is 14.9 Å². The molecule has 1 aromatic carbocycles. The fourth-order valence-electron chi connectivity index (χ4n) is 1.81. The Morgan fingerprint density at radius 3 is 2.21 bits per heavy atom. The normalized spacial score (nSPS) is 14.1. The van der Waals surface area contributed by atoms with Gasteiger partial charge in [0.2, 0.25) is 0 Å². The van der Waals surface area contributed by atoms with E-state index in [-0.39, 0.29) is 13.1 Å². The Balaban J connectivity index is 2.88. The van der Waals surface area contributed by atoms with E-state index in [0.717, 1.165) is 10.0 Å². The first-order valence-electron chi connectivity index (χ1n) is 7.34. The smallest absolute Gasteiger partial charge is 0.422 e. The summed E-state index contributed by atoms with van der Waals surface area (Å²) in [6.07, 6.45) is -0.721. The van der Waals surface area contributed by atoms with Gasteiger partial charge in [0.25, 0.3) is 0 Å². The topological polar surface area (TPSA) is 99.1 Å². The van der Waals surface area contributed by atoms with E-state index in [2.05, 4.69) is 21.4 Å². The number of ether oxygens (including phenoxy) is 1. The molecular weight excluding hydrogens is 380 g/mol. The molecule has 1 amide bonds. The van der Waals surface area contributed by atoms with Gasteiger partial charge in [-0.15, -0.1) is 0 Å². The summed E-state index contributed by atoms with van der Waals surface area (Å²) in [4.78, 5) is 23.1. The zero-order valence-corrected chi connectivity index (χ0v) is 15.8. The average molecular weight is 403 g/mol. The van der Waals surface area contributed by atoms with Crippen LogP contribution < -0.4 is 5.43 Å². The Hall–Kier alpha value is -1.64. The highest BCUT2D eigenvalue weighted by molar-refractivity contribution is 9.10. The van der Waals surface area contributed by atoms with Gasteiger partial charge in [-0.3, -0.25) is 5.43 Å². The number of rotatable bonds is 6. The van der Waals surface area contributed by atoms with Crippen LogP contribution in [-0.2, 0) is 16.1 Å². The van der Waals surface area contributed by atoms with E-state index < -0.39 is 23.3 Å². The van der Waals surface area contributed by atoms with E-state index >= 15 is 0 Å². The number of aliphatic carboxylic acids is 1. The number of carbonyl (C=O) groups is 2. The third kappa shape index (κ3) is 7.29. The predicted octanol–water partition coefficient (Wildman–Crippen LogP) is 2.53. The zero-order valence-electron chi connectivity index (χ0n) is 14.2. The second-order valence-electron chi connectivity index (χ2n) is 6.68. The third-order valence-corrected chi connectivity index (χ3v) is 3.42. The van der Waals surface area contributed by atoms with Gasteiger partial charge in [-0.1, -0.05) is 28.1 Å². The number of hydrogen-bond acceptors (Lipinski definition) is 5. The number of aliphatic hydroxyl groups is 1. The van der Waals surface area contributed by atoms with Gasteiger partial charge in [-0.05, 0) is 45.4 Å². The molecule has 0 spiro atoms. The molecule has 1 rings (SSSR count). The Labute approximate surface area is 149 Å². The molecule has 0 saturated carbocycles. The van der Waals surface area contributed by atoms with E-state index in [9.17, 15) is 14.7 Å². The maximum Gasteiger partial charge on any atom is 0.422 e. The average Bonchev–Trinajstić information content (AvgIpc) is 2.38. The summed E-state index contributed by atoms with van der Waals surface area (Å²) in [5, 5.41) is 20.4. The van der Waals surface area contributed by atoms with Crippen molar-refractivity contribution >= 4 is 28.0 Å². The standard InChI is InChI=1S/C16H23BrN2O5/c1-15(2,3)24-14(22)18-19(10-16(4,23)13(20)21)9-11-5-7-12(17)8-6-11/h5-8,23H,9-10H2,1-4H3,(H,18,22)(H,20,21). The lowest BCUT2D eigenvalue weighted by atomic mass is 10.1. The number of halogens is 1. The molecule has 1 unspecified atom stereocenters. The number of amides is 1. The predicted molar refractivity (Wildman–Crippen MR) is 92.2 cm³/mol. The molecule has 0 heterocycles. The lowest BCUT2D eigenvalue weighted by molar-refractivity contribution is -0.159. The minimum atomic E-state index is -2.02.